The van der Waals surface area contributed by atoms with Gasteiger partial charge in [0.15, 0.2) is 0 Å². The maximum atomic E-state index is 10.3. The van der Waals surface area contributed by atoms with E-state index in [4.69, 9.17) is 10.8 Å². The van der Waals surface area contributed by atoms with Crippen LogP contribution in [0.15, 0.2) is 24.3 Å². The van der Waals surface area contributed by atoms with Crippen LogP contribution in [0.1, 0.15) is 33.1 Å². The van der Waals surface area contributed by atoms with Crippen LogP contribution in [0.3, 0.4) is 0 Å². The summed E-state index contributed by atoms with van der Waals surface area (Å²) in [6, 6.07) is 0. The summed E-state index contributed by atoms with van der Waals surface area (Å²) in [6.45, 7) is 10.2. The number of primary amides is 1. The molecule has 4 nitrogen and oxygen atoms in total. The molecule has 0 aromatic carbocycles. The Morgan fingerprint density at radius 1 is 1.33 bits per heavy atom. The third kappa shape index (κ3) is 12.4. The summed E-state index contributed by atoms with van der Waals surface area (Å²) >= 11 is 0. The van der Waals surface area contributed by atoms with Gasteiger partial charge in [-0.1, -0.05) is 26.5 Å². The number of rotatable bonds is 5. The molecular weight excluding hydrogens is 194 g/mol. The van der Waals surface area contributed by atoms with Crippen molar-refractivity contribution >= 4 is 11.9 Å². The molecule has 0 spiro atoms. The fourth-order valence-corrected chi connectivity index (χ4v) is 0.513. The average molecular weight is 213 g/mol. The lowest BCUT2D eigenvalue weighted by Crippen LogP contribution is -2.12. The molecule has 86 valence electrons. The summed E-state index contributed by atoms with van der Waals surface area (Å²) < 4.78 is 0. The summed E-state index contributed by atoms with van der Waals surface area (Å²) in [7, 11) is 0. The summed E-state index contributed by atoms with van der Waals surface area (Å²) in [4.78, 5) is 19.9. The van der Waals surface area contributed by atoms with Crippen molar-refractivity contribution in [3.63, 3.8) is 0 Å². The number of carboxylic acid groups (broad SMARTS) is 1. The highest BCUT2D eigenvalue weighted by molar-refractivity contribution is 5.91. The molecule has 4 heteroatoms. The van der Waals surface area contributed by atoms with Crippen molar-refractivity contribution in [3.8, 4) is 0 Å². The number of hydrogen-bond donors (Lipinski definition) is 2. The smallest absolute Gasteiger partial charge is 0.330 e. The van der Waals surface area contributed by atoms with Gasteiger partial charge in [0.25, 0.3) is 0 Å². The zero-order valence-electron chi connectivity index (χ0n) is 9.38. The lowest BCUT2D eigenvalue weighted by atomic mass is 10.1. The zero-order valence-corrected chi connectivity index (χ0v) is 9.38. The maximum absolute atomic E-state index is 10.3. The van der Waals surface area contributed by atoms with Crippen molar-refractivity contribution in [2.75, 3.05) is 0 Å². The molecule has 0 aliphatic carbocycles. The molecule has 0 aromatic rings. The third-order valence-corrected chi connectivity index (χ3v) is 1.55. The fourth-order valence-electron chi connectivity index (χ4n) is 0.513. The number of unbranched alkanes of at least 4 members (excludes halogenated alkanes) is 1. The Morgan fingerprint density at radius 3 is 1.93 bits per heavy atom. The zero-order chi connectivity index (χ0) is 12.4. The predicted octanol–water partition coefficient (Wildman–Crippen LogP) is 1.87. The highest BCUT2D eigenvalue weighted by Crippen LogP contribution is 2.02. The van der Waals surface area contributed by atoms with Gasteiger partial charge in [0.1, 0.15) is 0 Å². The highest BCUT2D eigenvalue weighted by Gasteiger charge is 1.98. The van der Waals surface area contributed by atoms with Crippen molar-refractivity contribution in [2.45, 2.75) is 33.1 Å². The van der Waals surface area contributed by atoms with Gasteiger partial charge < -0.3 is 10.8 Å². The van der Waals surface area contributed by atoms with Gasteiger partial charge in [0, 0.05) is 11.1 Å². The van der Waals surface area contributed by atoms with E-state index in [1.54, 1.807) is 0 Å². The largest absolute Gasteiger partial charge is 0.478 e. The van der Waals surface area contributed by atoms with Gasteiger partial charge in [0.2, 0.25) is 5.91 Å². The first kappa shape index (κ1) is 15.9. The number of carbonyl (C=O) groups is 2. The van der Waals surface area contributed by atoms with Gasteiger partial charge in [-0.05, 0) is 19.8 Å². The fraction of sp³-hybridized carbons (Fsp3) is 0.455. The molecule has 0 rings (SSSR count). The lowest BCUT2D eigenvalue weighted by molar-refractivity contribution is -0.132. The first-order valence-electron chi connectivity index (χ1n) is 4.69. The van der Waals surface area contributed by atoms with Crippen molar-refractivity contribution in [3.05, 3.63) is 24.3 Å². The number of amides is 1. The van der Waals surface area contributed by atoms with E-state index >= 15 is 0 Å². The molecule has 0 saturated carbocycles. The molecule has 0 radical (unpaired) electrons. The van der Waals surface area contributed by atoms with Crippen LogP contribution >= 0.6 is 0 Å². The number of aliphatic carboxylic acids is 1. The van der Waals surface area contributed by atoms with Gasteiger partial charge in [-0.2, -0.15) is 0 Å². The molecule has 0 aliphatic rings. The van der Waals surface area contributed by atoms with Crippen LogP contribution in [0.4, 0.5) is 0 Å². The molecule has 0 atom stereocenters. The topological polar surface area (TPSA) is 80.4 Å². The van der Waals surface area contributed by atoms with E-state index in [1.807, 2.05) is 0 Å². The lowest BCUT2D eigenvalue weighted by Gasteiger charge is -1.96. The van der Waals surface area contributed by atoms with Gasteiger partial charge in [0.05, 0.1) is 0 Å². The number of carboxylic acids is 1. The minimum atomic E-state index is -0.935. The molecule has 0 unspecified atom stereocenters. The van der Waals surface area contributed by atoms with Crippen LogP contribution in [0.25, 0.3) is 0 Å². The molecule has 3 N–H and O–H groups in total. The van der Waals surface area contributed by atoms with E-state index in [2.05, 4.69) is 20.1 Å². The Kier molecular flexibility index (Phi) is 9.52. The van der Waals surface area contributed by atoms with E-state index in [1.165, 1.54) is 6.92 Å². The van der Waals surface area contributed by atoms with E-state index in [9.17, 15) is 9.59 Å². The summed E-state index contributed by atoms with van der Waals surface area (Å²) in [5, 5.41) is 7.89. The first-order chi connectivity index (χ1) is 6.82. The Balaban J connectivity index is 0. The molecule has 0 aliphatic heterocycles. The van der Waals surface area contributed by atoms with Crippen LogP contribution in [0.2, 0.25) is 0 Å². The van der Waals surface area contributed by atoms with Gasteiger partial charge in [-0.15, -0.1) is 0 Å². The SMILES string of the molecule is C=C(C)C(=O)O.C=C(CCCC)C(N)=O. The normalized spacial score (nSPS) is 8.40. The van der Waals surface area contributed by atoms with Crippen LogP contribution in [0.5, 0.6) is 0 Å². The van der Waals surface area contributed by atoms with E-state index in [-0.39, 0.29) is 11.5 Å². The van der Waals surface area contributed by atoms with E-state index < -0.39 is 5.97 Å². The molecule has 0 bridgehead atoms. The minimum absolute atomic E-state index is 0.176. The predicted molar refractivity (Wildman–Crippen MR) is 60.3 cm³/mol. The van der Waals surface area contributed by atoms with Crippen molar-refractivity contribution in [1.29, 1.82) is 0 Å². The van der Waals surface area contributed by atoms with Gasteiger partial charge in [-0.3, -0.25) is 4.79 Å². The monoisotopic (exact) mass is 213 g/mol. The first-order valence-corrected chi connectivity index (χ1v) is 4.69. The molecule has 0 aromatic heterocycles. The van der Waals surface area contributed by atoms with Crippen LogP contribution in [-0.2, 0) is 9.59 Å². The summed E-state index contributed by atoms with van der Waals surface area (Å²) in [5.74, 6) is -1.31. The summed E-state index contributed by atoms with van der Waals surface area (Å²) in [6.07, 6.45) is 2.82. The quantitative estimate of drug-likeness (QED) is 0.684. The standard InChI is InChI=1S/C7H13NO.C4H6O2/c1-3-4-5-6(2)7(8)9;1-3(2)4(5)6/h2-5H2,1H3,(H2,8,9);1H2,2H3,(H,5,6). The summed E-state index contributed by atoms with van der Waals surface area (Å²) in [5.41, 5.74) is 5.65. The van der Waals surface area contributed by atoms with Gasteiger partial charge in [-0.25, -0.2) is 4.79 Å². The molecule has 1 amide bonds. The van der Waals surface area contributed by atoms with Crippen molar-refractivity contribution in [1.82, 2.24) is 0 Å². The number of nitrogens with two attached hydrogens (primary N) is 1. The van der Waals surface area contributed by atoms with Crippen molar-refractivity contribution < 1.29 is 14.7 Å². The highest BCUT2D eigenvalue weighted by atomic mass is 16.4. The van der Waals surface area contributed by atoms with E-state index in [0.29, 0.717) is 5.57 Å². The van der Waals surface area contributed by atoms with Crippen LogP contribution in [0, 0.1) is 0 Å². The maximum Gasteiger partial charge on any atom is 0.330 e. The minimum Gasteiger partial charge on any atom is -0.478 e. The molecule has 15 heavy (non-hydrogen) atoms. The third-order valence-electron chi connectivity index (χ3n) is 1.55. The number of hydrogen-bond acceptors (Lipinski definition) is 2. The van der Waals surface area contributed by atoms with Crippen LogP contribution < -0.4 is 5.73 Å². The second-order valence-electron chi connectivity index (χ2n) is 3.16. The Hall–Kier alpha value is -1.58. The second-order valence-corrected chi connectivity index (χ2v) is 3.16. The molecule has 0 heterocycles. The Bertz CT molecular complexity index is 245. The van der Waals surface area contributed by atoms with Gasteiger partial charge >= 0.3 is 5.97 Å². The number of carbonyl (C=O) groups excluding carboxylic acids is 1. The Labute approximate surface area is 90.5 Å². The molecular formula is C11H19NO3. The van der Waals surface area contributed by atoms with Crippen molar-refractivity contribution in [2.24, 2.45) is 5.73 Å². The van der Waals surface area contributed by atoms with E-state index in [0.717, 1.165) is 19.3 Å². The molecule has 0 saturated heterocycles. The van der Waals surface area contributed by atoms with Crippen LogP contribution in [-0.4, -0.2) is 17.0 Å². The molecule has 0 fully saturated rings. The average Bonchev–Trinajstić information content (AvgIpc) is 2.14. The second kappa shape index (κ2) is 8.99. The Morgan fingerprint density at radius 2 is 1.73 bits per heavy atom.